The number of fused-ring (bicyclic) bond motifs is 1. The lowest BCUT2D eigenvalue weighted by Gasteiger charge is -2.31. The quantitative estimate of drug-likeness (QED) is 0.912. The molecule has 1 aromatic carbocycles. The number of carbonyl (C=O) groups is 1. The smallest absolute Gasteiger partial charge is 0.265 e. The van der Waals surface area contributed by atoms with E-state index < -0.39 is 6.10 Å². The third-order valence-electron chi connectivity index (χ3n) is 3.68. The molecule has 1 amide bonds. The molecule has 0 radical (unpaired) electrons. The highest BCUT2D eigenvalue weighted by Crippen LogP contribution is 2.33. The predicted molar refractivity (Wildman–Crippen MR) is 88.2 cm³/mol. The zero-order chi connectivity index (χ0) is 16.9. The lowest BCUT2D eigenvalue weighted by atomic mass is 10.1. The third kappa shape index (κ3) is 3.42. The molecule has 6 heteroatoms. The number of hydrogen-bond donors (Lipinski definition) is 1. The molecule has 6 nitrogen and oxygen atoms in total. The van der Waals surface area contributed by atoms with E-state index in [1.165, 1.54) is 0 Å². The molecule has 0 aliphatic carbocycles. The number of pyridine rings is 1. The highest BCUT2D eigenvalue weighted by atomic mass is 16.6. The Kier molecular flexibility index (Phi) is 4.84. The molecule has 0 bridgehead atoms. The summed E-state index contributed by atoms with van der Waals surface area (Å²) in [5.41, 5.74) is 0.817. The number of nitrogens with one attached hydrogen (secondary N) is 1. The van der Waals surface area contributed by atoms with Gasteiger partial charge < -0.3 is 19.5 Å². The van der Waals surface area contributed by atoms with Crippen LogP contribution >= 0.6 is 0 Å². The van der Waals surface area contributed by atoms with E-state index in [0.717, 1.165) is 5.56 Å². The van der Waals surface area contributed by atoms with Gasteiger partial charge in [0.2, 0.25) is 12.0 Å². The fourth-order valence-corrected chi connectivity index (χ4v) is 2.51. The van der Waals surface area contributed by atoms with Gasteiger partial charge in [0.15, 0.2) is 11.5 Å². The van der Waals surface area contributed by atoms with Crippen molar-refractivity contribution in [3.8, 4) is 17.4 Å². The van der Waals surface area contributed by atoms with Gasteiger partial charge in [-0.25, -0.2) is 4.98 Å². The minimum absolute atomic E-state index is 0.233. The first kappa shape index (κ1) is 16.1. The van der Waals surface area contributed by atoms with Gasteiger partial charge in [0.1, 0.15) is 6.10 Å². The van der Waals surface area contributed by atoms with Gasteiger partial charge >= 0.3 is 0 Å². The maximum absolute atomic E-state index is 12.5. The molecule has 2 aromatic rings. The van der Waals surface area contributed by atoms with Gasteiger partial charge in [0.05, 0.1) is 6.61 Å². The van der Waals surface area contributed by atoms with Gasteiger partial charge in [-0.05, 0) is 32.0 Å². The van der Waals surface area contributed by atoms with Crippen molar-refractivity contribution in [1.29, 1.82) is 0 Å². The van der Waals surface area contributed by atoms with Crippen molar-refractivity contribution in [3.63, 3.8) is 0 Å². The molecule has 1 N–H and O–H groups in total. The molecule has 0 spiro atoms. The molecule has 1 aromatic heterocycles. The molecule has 2 heterocycles. The zero-order valence-electron chi connectivity index (χ0n) is 13.7. The van der Waals surface area contributed by atoms with Crippen molar-refractivity contribution in [2.24, 2.45) is 0 Å². The van der Waals surface area contributed by atoms with E-state index in [0.29, 0.717) is 30.5 Å². The minimum atomic E-state index is -0.702. The topological polar surface area (TPSA) is 69.7 Å². The number of benzene rings is 1. The molecule has 126 valence electrons. The average Bonchev–Trinajstić information content (AvgIpc) is 2.60. The second-order valence-corrected chi connectivity index (χ2v) is 5.43. The Morgan fingerprint density at radius 1 is 1.21 bits per heavy atom. The fourth-order valence-electron chi connectivity index (χ4n) is 2.51. The van der Waals surface area contributed by atoms with E-state index in [9.17, 15) is 4.79 Å². The van der Waals surface area contributed by atoms with E-state index >= 15 is 0 Å². The summed E-state index contributed by atoms with van der Waals surface area (Å²) in [5.74, 6) is 1.52. The molecule has 24 heavy (non-hydrogen) atoms. The van der Waals surface area contributed by atoms with Crippen LogP contribution < -0.4 is 19.5 Å². The van der Waals surface area contributed by atoms with E-state index in [4.69, 9.17) is 14.2 Å². The van der Waals surface area contributed by atoms with Crippen molar-refractivity contribution in [2.45, 2.75) is 32.6 Å². The molecule has 0 fully saturated rings. The van der Waals surface area contributed by atoms with Crippen LogP contribution in [0.15, 0.2) is 42.6 Å². The zero-order valence-corrected chi connectivity index (χ0v) is 13.7. The molecule has 1 aliphatic heterocycles. The number of hydrogen-bond acceptors (Lipinski definition) is 5. The highest BCUT2D eigenvalue weighted by molar-refractivity contribution is 5.82. The van der Waals surface area contributed by atoms with Gasteiger partial charge in [0.25, 0.3) is 5.91 Å². The lowest BCUT2D eigenvalue weighted by Crippen LogP contribution is -2.48. The number of nitrogens with zero attached hydrogens (tertiary/aromatic N) is 1. The van der Waals surface area contributed by atoms with Crippen LogP contribution in [0.2, 0.25) is 0 Å². The molecular formula is C18H20N2O4. The molecule has 2 unspecified atom stereocenters. The third-order valence-corrected chi connectivity index (χ3v) is 3.68. The first-order chi connectivity index (χ1) is 11.7. The highest BCUT2D eigenvalue weighted by Gasteiger charge is 2.33. The average molecular weight is 328 g/mol. The molecule has 3 rings (SSSR count). The van der Waals surface area contributed by atoms with Crippen LogP contribution in [0.25, 0.3) is 0 Å². The van der Waals surface area contributed by atoms with Crippen molar-refractivity contribution in [1.82, 2.24) is 10.3 Å². The SMILES string of the molecule is CCOc1ncccc1CNC(=O)C1Oc2ccccc2OC1C. The summed E-state index contributed by atoms with van der Waals surface area (Å²) in [7, 11) is 0. The molecule has 1 aliphatic rings. The maximum Gasteiger partial charge on any atom is 0.265 e. The van der Waals surface area contributed by atoms with E-state index in [-0.39, 0.29) is 12.0 Å². The van der Waals surface area contributed by atoms with Crippen LogP contribution in [0, 0.1) is 0 Å². The Balaban J connectivity index is 1.66. The molecule has 0 saturated heterocycles. The Hall–Kier alpha value is -2.76. The summed E-state index contributed by atoms with van der Waals surface area (Å²) in [6, 6.07) is 11.0. The fraction of sp³-hybridized carbons (Fsp3) is 0.333. The minimum Gasteiger partial charge on any atom is -0.482 e. The number of aromatic nitrogens is 1. The normalized spacial score (nSPS) is 18.8. The van der Waals surface area contributed by atoms with Crippen molar-refractivity contribution in [3.05, 3.63) is 48.2 Å². The summed E-state index contributed by atoms with van der Waals surface area (Å²) < 4.78 is 17.0. The Labute approximate surface area is 140 Å². The largest absolute Gasteiger partial charge is 0.482 e. The van der Waals surface area contributed by atoms with Gasteiger partial charge in [-0.15, -0.1) is 0 Å². The maximum atomic E-state index is 12.5. The number of amides is 1. The van der Waals surface area contributed by atoms with Crippen LogP contribution in [0.3, 0.4) is 0 Å². The Bertz CT molecular complexity index is 720. The predicted octanol–water partition coefficient (Wildman–Crippen LogP) is 2.33. The molecule has 0 saturated carbocycles. The summed E-state index contributed by atoms with van der Waals surface area (Å²) >= 11 is 0. The summed E-state index contributed by atoms with van der Waals surface area (Å²) in [6.07, 6.45) is 0.584. The van der Waals surface area contributed by atoms with Crippen LogP contribution in [0.4, 0.5) is 0 Å². The summed E-state index contributed by atoms with van der Waals surface area (Å²) in [6.45, 7) is 4.54. The van der Waals surface area contributed by atoms with E-state index in [1.807, 2.05) is 44.2 Å². The van der Waals surface area contributed by atoms with E-state index in [1.54, 1.807) is 12.3 Å². The second-order valence-electron chi connectivity index (χ2n) is 5.43. The van der Waals surface area contributed by atoms with E-state index in [2.05, 4.69) is 10.3 Å². The number of ether oxygens (including phenoxy) is 3. The summed E-state index contributed by atoms with van der Waals surface area (Å²) in [4.78, 5) is 16.7. The number of para-hydroxylation sites is 2. The Morgan fingerprint density at radius 2 is 1.96 bits per heavy atom. The van der Waals surface area contributed by atoms with Crippen LogP contribution in [0.5, 0.6) is 17.4 Å². The first-order valence-electron chi connectivity index (χ1n) is 7.95. The van der Waals surface area contributed by atoms with Gasteiger partial charge in [0, 0.05) is 18.3 Å². The molecular weight excluding hydrogens is 308 g/mol. The lowest BCUT2D eigenvalue weighted by molar-refractivity contribution is -0.133. The van der Waals surface area contributed by atoms with Crippen molar-refractivity contribution in [2.75, 3.05) is 6.61 Å². The molecule has 2 atom stereocenters. The Morgan fingerprint density at radius 3 is 2.71 bits per heavy atom. The monoisotopic (exact) mass is 328 g/mol. The number of carbonyl (C=O) groups excluding carboxylic acids is 1. The van der Waals surface area contributed by atoms with Gasteiger partial charge in [-0.2, -0.15) is 0 Å². The van der Waals surface area contributed by atoms with Crippen LogP contribution in [-0.2, 0) is 11.3 Å². The summed E-state index contributed by atoms with van der Waals surface area (Å²) in [5, 5.41) is 2.86. The van der Waals surface area contributed by atoms with Crippen LogP contribution in [0.1, 0.15) is 19.4 Å². The van der Waals surface area contributed by atoms with Crippen molar-refractivity contribution >= 4 is 5.91 Å². The first-order valence-corrected chi connectivity index (χ1v) is 7.95. The van der Waals surface area contributed by atoms with Gasteiger partial charge in [-0.1, -0.05) is 18.2 Å². The van der Waals surface area contributed by atoms with Crippen LogP contribution in [-0.4, -0.2) is 29.7 Å². The standard InChI is InChI=1S/C18H20N2O4/c1-3-22-18-13(7-6-10-19-18)11-20-17(21)16-12(2)23-14-8-4-5-9-15(14)24-16/h4-10,12,16H,3,11H2,1-2H3,(H,20,21). The van der Waals surface area contributed by atoms with Crippen molar-refractivity contribution < 1.29 is 19.0 Å². The number of rotatable bonds is 5. The van der Waals surface area contributed by atoms with Gasteiger partial charge in [-0.3, -0.25) is 4.79 Å². The second kappa shape index (κ2) is 7.21.